The zero-order valence-electron chi connectivity index (χ0n) is 14.3. The highest BCUT2D eigenvalue weighted by molar-refractivity contribution is 5.80. The molecule has 132 valence electrons. The van der Waals surface area contributed by atoms with E-state index >= 15 is 0 Å². The molecule has 0 aliphatic carbocycles. The zero-order valence-corrected chi connectivity index (χ0v) is 14.3. The van der Waals surface area contributed by atoms with Crippen LogP contribution in [0.2, 0.25) is 0 Å². The maximum atomic E-state index is 12.5. The predicted octanol–water partition coefficient (Wildman–Crippen LogP) is 0.979. The number of piperidine rings is 1. The van der Waals surface area contributed by atoms with Gasteiger partial charge in [-0.3, -0.25) is 9.59 Å². The summed E-state index contributed by atoms with van der Waals surface area (Å²) < 4.78 is 15.9. The Labute approximate surface area is 141 Å². The second-order valence-electron chi connectivity index (χ2n) is 5.77. The molecule has 0 unspecified atom stereocenters. The van der Waals surface area contributed by atoms with Gasteiger partial charge in [0.2, 0.25) is 17.6 Å². The first-order chi connectivity index (χ1) is 11.5. The second-order valence-corrected chi connectivity index (χ2v) is 5.77. The van der Waals surface area contributed by atoms with Crippen molar-refractivity contribution in [1.82, 2.24) is 4.90 Å². The van der Waals surface area contributed by atoms with Crippen molar-refractivity contribution >= 4 is 11.8 Å². The minimum Gasteiger partial charge on any atom is -0.493 e. The van der Waals surface area contributed by atoms with E-state index in [0.29, 0.717) is 43.2 Å². The lowest BCUT2D eigenvalue weighted by Gasteiger charge is -2.30. The Balaban J connectivity index is 2.08. The number of primary amides is 1. The van der Waals surface area contributed by atoms with Gasteiger partial charge in [0.25, 0.3) is 0 Å². The number of methoxy groups -OCH3 is 3. The van der Waals surface area contributed by atoms with E-state index < -0.39 is 0 Å². The van der Waals surface area contributed by atoms with Crippen LogP contribution in [0.25, 0.3) is 0 Å². The first-order valence-electron chi connectivity index (χ1n) is 7.86. The van der Waals surface area contributed by atoms with E-state index in [1.54, 1.807) is 17.0 Å². The summed E-state index contributed by atoms with van der Waals surface area (Å²) in [6.45, 7) is 1.10. The molecule has 0 bridgehead atoms. The largest absolute Gasteiger partial charge is 0.493 e. The number of rotatable bonds is 6. The van der Waals surface area contributed by atoms with Gasteiger partial charge >= 0.3 is 0 Å². The number of carbonyl (C=O) groups excluding carboxylic acids is 2. The minimum absolute atomic E-state index is 0.00666. The van der Waals surface area contributed by atoms with Crippen LogP contribution in [0.5, 0.6) is 17.2 Å². The summed E-state index contributed by atoms with van der Waals surface area (Å²) >= 11 is 0. The van der Waals surface area contributed by atoms with Gasteiger partial charge in [-0.1, -0.05) is 0 Å². The highest BCUT2D eigenvalue weighted by Gasteiger charge is 2.26. The molecule has 0 aromatic heterocycles. The Morgan fingerprint density at radius 1 is 1.08 bits per heavy atom. The van der Waals surface area contributed by atoms with Crippen molar-refractivity contribution in [3.8, 4) is 17.2 Å². The summed E-state index contributed by atoms with van der Waals surface area (Å²) in [5.74, 6) is 1.13. The molecule has 24 heavy (non-hydrogen) atoms. The van der Waals surface area contributed by atoms with E-state index in [2.05, 4.69) is 0 Å². The molecule has 0 atom stereocenters. The highest BCUT2D eigenvalue weighted by Crippen LogP contribution is 2.38. The third-order valence-electron chi connectivity index (χ3n) is 4.33. The van der Waals surface area contributed by atoms with E-state index in [9.17, 15) is 9.59 Å². The van der Waals surface area contributed by atoms with E-state index in [-0.39, 0.29) is 24.2 Å². The first kappa shape index (κ1) is 17.9. The van der Waals surface area contributed by atoms with Crippen LogP contribution in [0.1, 0.15) is 18.4 Å². The van der Waals surface area contributed by atoms with Crippen LogP contribution < -0.4 is 19.9 Å². The molecular weight excluding hydrogens is 312 g/mol. The number of benzene rings is 1. The number of hydrogen-bond donors (Lipinski definition) is 1. The molecule has 2 N–H and O–H groups in total. The third-order valence-corrected chi connectivity index (χ3v) is 4.33. The summed E-state index contributed by atoms with van der Waals surface area (Å²) in [6, 6.07) is 3.55. The van der Waals surface area contributed by atoms with Crippen LogP contribution in [0.15, 0.2) is 12.1 Å². The number of ether oxygens (including phenoxy) is 3. The summed E-state index contributed by atoms with van der Waals surface area (Å²) in [4.78, 5) is 25.5. The predicted molar refractivity (Wildman–Crippen MR) is 88.3 cm³/mol. The van der Waals surface area contributed by atoms with Crippen LogP contribution in [0.3, 0.4) is 0 Å². The van der Waals surface area contributed by atoms with Gasteiger partial charge in [-0.05, 0) is 30.5 Å². The standard InChI is InChI=1S/C17H24N2O5/c1-22-13-8-11(9-14(23-2)16(13)24-3)10-15(20)19-6-4-12(5-7-19)17(18)21/h8-9,12H,4-7,10H2,1-3H3,(H2,18,21). The van der Waals surface area contributed by atoms with Crippen molar-refractivity contribution < 1.29 is 23.8 Å². The van der Waals surface area contributed by atoms with Gasteiger partial charge in [0.15, 0.2) is 11.5 Å². The SMILES string of the molecule is COc1cc(CC(=O)N2CCC(C(N)=O)CC2)cc(OC)c1OC. The Kier molecular flexibility index (Phi) is 5.89. The molecule has 1 heterocycles. The summed E-state index contributed by atoms with van der Waals surface area (Å²) in [5.41, 5.74) is 6.11. The van der Waals surface area contributed by atoms with Gasteiger partial charge in [0.1, 0.15) is 0 Å². The second kappa shape index (κ2) is 7.90. The van der Waals surface area contributed by atoms with Crippen LogP contribution >= 0.6 is 0 Å². The van der Waals surface area contributed by atoms with Crippen molar-refractivity contribution in [3.63, 3.8) is 0 Å². The van der Waals surface area contributed by atoms with Crippen molar-refractivity contribution in [1.29, 1.82) is 0 Å². The Morgan fingerprint density at radius 2 is 1.62 bits per heavy atom. The highest BCUT2D eigenvalue weighted by atomic mass is 16.5. The number of carbonyl (C=O) groups is 2. The van der Waals surface area contributed by atoms with E-state index in [1.165, 1.54) is 21.3 Å². The van der Waals surface area contributed by atoms with Gasteiger partial charge in [0.05, 0.1) is 27.8 Å². The molecule has 1 aliphatic heterocycles. The lowest BCUT2D eigenvalue weighted by atomic mass is 9.96. The summed E-state index contributed by atoms with van der Waals surface area (Å²) in [5, 5.41) is 0. The summed E-state index contributed by atoms with van der Waals surface area (Å²) in [7, 11) is 4.61. The zero-order chi connectivity index (χ0) is 17.7. The van der Waals surface area contributed by atoms with Crippen LogP contribution in [0.4, 0.5) is 0 Å². The van der Waals surface area contributed by atoms with Gasteiger partial charge in [-0.25, -0.2) is 0 Å². The summed E-state index contributed by atoms with van der Waals surface area (Å²) in [6.07, 6.45) is 1.48. The van der Waals surface area contributed by atoms with Gasteiger partial charge < -0.3 is 24.8 Å². The average Bonchev–Trinajstić information content (AvgIpc) is 2.60. The Bertz CT molecular complexity index is 584. The first-order valence-corrected chi connectivity index (χ1v) is 7.86. The van der Waals surface area contributed by atoms with E-state index in [1.807, 2.05) is 0 Å². The lowest BCUT2D eigenvalue weighted by molar-refractivity contribution is -0.134. The Morgan fingerprint density at radius 3 is 2.04 bits per heavy atom. The van der Waals surface area contributed by atoms with E-state index in [4.69, 9.17) is 19.9 Å². The molecule has 7 heteroatoms. The van der Waals surface area contributed by atoms with Gasteiger partial charge in [-0.15, -0.1) is 0 Å². The maximum Gasteiger partial charge on any atom is 0.226 e. The molecule has 1 aromatic carbocycles. The molecule has 0 spiro atoms. The minimum atomic E-state index is -0.285. The average molecular weight is 336 g/mol. The van der Waals surface area contributed by atoms with E-state index in [0.717, 1.165) is 5.56 Å². The fourth-order valence-electron chi connectivity index (χ4n) is 2.94. The monoisotopic (exact) mass is 336 g/mol. The molecule has 0 saturated carbocycles. The van der Waals surface area contributed by atoms with Crippen LogP contribution in [-0.2, 0) is 16.0 Å². The fraction of sp³-hybridized carbons (Fsp3) is 0.529. The van der Waals surface area contributed by atoms with Crippen molar-refractivity contribution in [2.24, 2.45) is 11.7 Å². The van der Waals surface area contributed by atoms with Crippen LogP contribution in [-0.4, -0.2) is 51.1 Å². The Hall–Kier alpha value is -2.44. The lowest BCUT2D eigenvalue weighted by Crippen LogP contribution is -2.42. The quantitative estimate of drug-likeness (QED) is 0.836. The van der Waals surface area contributed by atoms with Crippen molar-refractivity contribution in [2.75, 3.05) is 34.4 Å². The van der Waals surface area contributed by atoms with Crippen molar-refractivity contribution in [2.45, 2.75) is 19.3 Å². The molecule has 2 rings (SSSR count). The molecule has 1 aliphatic rings. The number of nitrogens with zero attached hydrogens (tertiary/aromatic N) is 1. The fourth-order valence-corrected chi connectivity index (χ4v) is 2.94. The number of amides is 2. The molecule has 1 fully saturated rings. The topological polar surface area (TPSA) is 91.1 Å². The molecule has 2 amide bonds. The molecule has 1 aromatic rings. The molecular formula is C17H24N2O5. The molecule has 7 nitrogen and oxygen atoms in total. The third kappa shape index (κ3) is 3.90. The molecule has 1 saturated heterocycles. The maximum absolute atomic E-state index is 12.5. The smallest absolute Gasteiger partial charge is 0.226 e. The van der Waals surface area contributed by atoms with Crippen molar-refractivity contribution in [3.05, 3.63) is 17.7 Å². The van der Waals surface area contributed by atoms with Gasteiger partial charge in [0, 0.05) is 19.0 Å². The number of hydrogen-bond acceptors (Lipinski definition) is 5. The van der Waals surface area contributed by atoms with Crippen LogP contribution in [0, 0.1) is 5.92 Å². The number of likely N-dealkylation sites (tertiary alicyclic amines) is 1. The van der Waals surface area contributed by atoms with Gasteiger partial charge in [-0.2, -0.15) is 0 Å². The molecule has 0 radical (unpaired) electrons. The normalized spacial score (nSPS) is 15.0. The number of nitrogens with two attached hydrogens (primary N) is 1.